The fourth-order valence-corrected chi connectivity index (χ4v) is 5.03. The summed E-state index contributed by atoms with van der Waals surface area (Å²) in [6, 6.07) is 7.18. The van der Waals surface area contributed by atoms with E-state index in [0.717, 1.165) is 11.1 Å². The van der Waals surface area contributed by atoms with Crippen molar-refractivity contribution in [2.24, 2.45) is 5.41 Å². The number of allylic oxidation sites excluding steroid dienone is 2. The molecule has 3 heterocycles. The number of amides is 2. The Bertz CT molecular complexity index is 1170. The topological polar surface area (TPSA) is 68.1 Å². The molecular weight excluding hydrogens is 480 g/mol. The number of carbonyl (C=O) groups excluding carboxylic acids is 2. The Balaban J connectivity index is 1.44. The maximum absolute atomic E-state index is 13.7. The fourth-order valence-electron chi connectivity index (χ4n) is 4.90. The summed E-state index contributed by atoms with van der Waals surface area (Å²) in [6.45, 7) is 8.56. The molecule has 2 amide bonds. The fraction of sp³-hybridized carbons (Fsp3) is 0.464. The molecule has 1 aromatic rings. The molecule has 0 N–H and O–H groups in total. The van der Waals surface area contributed by atoms with Gasteiger partial charge in [0.1, 0.15) is 0 Å². The molecular formula is C28H32ClN2O5+. The number of halogens is 1. The summed E-state index contributed by atoms with van der Waals surface area (Å²) in [5.74, 6) is -0.796. The summed E-state index contributed by atoms with van der Waals surface area (Å²) >= 11 is 6.01. The third kappa shape index (κ3) is 5.05. The molecule has 8 heteroatoms. The number of rotatable bonds is 3. The van der Waals surface area contributed by atoms with E-state index in [0.29, 0.717) is 49.9 Å². The second-order valence-electron chi connectivity index (χ2n) is 10.6. The van der Waals surface area contributed by atoms with Crippen LogP contribution in [0.4, 0.5) is 0 Å². The van der Waals surface area contributed by atoms with Crippen molar-refractivity contribution in [3.05, 3.63) is 64.4 Å². The van der Waals surface area contributed by atoms with Gasteiger partial charge in [0.2, 0.25) is 24.1 Å². The lowest BCUT2D eigenvalue weighted by molar-refractivity contribution is -0.444. The van der Waals surface area contributed by atoms with E-state index >= 15 is 0 Å². The molecule has 5 rings (SSSR count). The smallest absolute Gasteiger partial charge is 0.455 e. The Morgan fingerprint density at radius 2 is 1.83 bits per heavy atom. The van der Waals surface area contributed by atoms with Crippen molar-refractivity contribution < 1.29 is 28.4 Å². The first-order valence-electron chi connectivity index (χ1n) is 12.4. The highest BCUT2D eigenvalue weighted by Crippen LogP contribution is 2.33. The van der Waals surface area contributed by atoms with Gasteiger partial charge in [0, 0.05) is 37.0 Å². The van der Waals surface area contributed by atoms with Crippen LogP contribution < -0.4 is 0 Å². The van der Waals surface area contributed by atoms with E-state index in [1.54, 1.807) is 27.7 Å². The van der Waals surface area contributed by atoms with Gasteiger partial charge in [0.05, 0.1) is 13.2 Å². The van der Waals surface area contributed by atoms with Gasteiger partial charge in [-0.1, -0.05) is 50.6 Å². The second kappa shape index (κ2) is 9.61. The predicted octanol–water partition coefficient (Wildman–Crippen LogP) is 3.97. The van der Waals surface area contributed by atoms with Crippen LogP contribution in [0.15, 0.2) is 53.8 Å². The van der Waals surface area contributed by atoms with Crippen molar-refractivity contribution in [1.82, 2.24) is 4.90 Å². The van der Waals surface area contributed by atoms with Gasteiger partial charge in [-0.25, -0.2) is 4.79 Å². The lowest BCUT2D eigenvalue weighted by Crippen LogP contribution is -2.51. The standard InChI is InChI=1S/C28H32ClN2O5/c1-27(2,3)20-6-9-23-22(17-20)31(26(33)24(36-23)16-19-4-7-21(29)8-5-19)18-25(32)30-12-10-28(11-13-30)34-14-15-35-28/h4-9,16-17,23H,10-15,18H2,1-3H3/q+1/b24-16+. The minimum Gasteiger partial charge on any atom is -0.465 e. The Morgan fingerprint density at radius 3 is 2.47 bits per heavy atom. The first kappa shape index (κ1) is 24.9. The summed E-state index contributed by atoms with van der Waals surface area (Å²) in [5.41, 5.74) is 2.43. The number of carbonyl (C=O) groups is 2. The minimum atomic E-state index is -0.557. The maximum atomic E-state index is 13.7. The third-order valence-electron chi connectivity index (χ3n) is 7.09. The van der Waals surface area contributed by atoms with Crippen LogP contribution in [-0.4, -0.2) is 71.7 Å². The summed E-state index contributed by atoms with van der Waals surface area (Å²) < 4.78 is 19.3. The number of likely N-dealkylation sites (tertiary alicyclic amines) is 1. The molecule has 2 fully saturated rings. The number of ether oxygens (including phenoxy) is 3. The van der Waals surface area contributed by atoms with Gasteiger partial charge in [0.15, 0.2) is 5.79 Å². The molecule has 0 saturated carbocycles. The van der Waals surface area contributed by atoms with Crippen LogP contribution in [0.3, 0.4) is 0 Å². The van der Waals surface area contributed by atoms with E-state index in [-0.39, 0.29) is 29.5 Å². The SMILES string of the molecule is CC(C)(C)C1=CC2=[N+](CC(=O)N3CCC4(CC3)OCCO4)C(=O)/C(=C\c3ccc(Cl)cc3)OC2C=C1. The summed E-state index contributed by atoms with van der Waals surface area (Å²) in [4.78, 5) is 28.8. The monoisotopic (exact) mass is 511 g/mol. The summed E-state index contributed by atoms with van der Waals surface area (Å²) in [5, 5.41) is 0.614. The largest absolute Gasteiger partial charge is 0.465 e. The van der Waals surface area contributed by atoms with E-state index < -0.39 is 11.9 Å². The van der Waals surface area contributed by atoms with Gasteiger partial charge in [0.25, 0.3) is 5.91 Å². The van der Waals surface area contributed by atoms with E-state index in [4.69, 9.17) is 25.8 Å². The van der Waals surface area contributed by atoms with Crippen LogP contribution in [0.1, 0.15) is 39.2 Å². The van der Waals surface area contributed by atoms with Crippen molar-refractivity contribution in [3.8, 4) is 0 Å². The first-order valence-corrected chi connectivity index (χ1v) is 12.8. The molecule has 0 bridgehead atoms. The van der Waals surface area contributed by atoms with E-state index in [1.807, 2.05) is 30.4 Å². The number of piperidine rings is 1. The van der Waals surface area contributed by atoms with Crippen LogP contribution in [0.25, 0.3) is 6.08 Å². The Hall–Kier alpha value is -2.74. The van der Waals surface area contributed by atoms with Crippen molar-refractivity contribution in [2.45, 2.75) is 45.5 Å². The first-order chi connectivity index (χ1) is 17.1. The lowest BCUT2D eigenvalue weighted by Gasteiger charge is -2.37. The van der Waals surface area contributed by atoms with Crippen LogP contribution in [0.5, 0.6) is 0 Å². The highest BCUT2D eigenvalue weighted by molar-refractivity contribution is 6.30. The van der Waals surface area contributed by atoms with E-state index in [1.165, 1.54) is 0 Å². The molecule has 4 aliphatic rings. The average Bonchev–Trinajstić information content (AvgIpc) is 3.30. The van der Waals surface area contributed by atoms with Crippen LogP contribution in [0, 0.1) is 5.41 Å². The van der Waals surface area contributed by atoms with Gasteiger partial charge in [-0.2, -0.15) is 0 Å². The number of hydrogen-bond donors (Lipinski definition) is 0. The van der Waals surface area contributed by atoms with Crippen molar-refractivity contribution in [3.63, 3.8) is 0 Å². The molecule has 1 aliphatic carbocycles. The summed E-state index contributed by atoms with van der Waals surface area (Å²) in [6.07, 6.45) is 8.49. The third-order valence-corrected chi connectivity index (χ3v) is 7.34. The predicted molar refractivity (Wildman–Crippen MR) is 137 cm³/mol. The van der Waals surface area contributed by atoms with Crippen molar-refractivity contribution >= 4 is 35.2 Å². The maximum Gasteiger partial charge on any atom is 0.455 e. The number of hydrogen-bond acceptors (Lipinski definition) is 5. The second-order valence-corrected chi connectivity index (χ2v) is 11.0. The number of fused-ring (bicyclic) bond motifs is 1. The molecule has 0 radical (unpaired) electrons. The molecule has 3 aliphatic heterocycles. The van der Waals surface area contributed by atoms with Crippen LogP contribution in [0.2, 0.25) is 5.02 Å². The molecule has 190 valence electrons. The highest BCUT2D eigenvalue weighted by atomic mass is 35.5. The van der Waals surface area contributed by atoms with Crippen LogP contribution in [-0.2, 0) is 23.8 Å². The molecule has 1 aromatic carbocycles. The molecule has 36 heavy (non-hydrogen) atoms. The van der Waals surface area contributed by atoms with Crippen molar-refractivity contribution in [1.29, 1.82) is 0 Å². The highest BCUT2D eigenvalue weighted by Gasteiger charge is 2.45. The lowest BCUT2D eigenvalue weighted by atomic mass is 9.82. The molecule has 0 aromatic heterocycles. The van der Waals surface area contributed by atoms with E-state index in [9.17, 15) is 9.59 Å². The van der Waals surface area contributed by atoms with Crippen molar-refractivity contribution in [2.75, 3.05) is 32.8 Å². The van der Waals surface area contributed by atoms with Gasteiger partial charge in [-0.3, -0.25) is 4.79 Å². The zero-order chi connectivity index (χ0) is 25.5. The normalized spacial score (nSPS) is 24.7. The Labute approximate surface area is 216 Å². The minimum absolute atomic E-state index is 0.0531. The number of benzene rings is 1. The summed E-state index contributed by atoms with van der Waals surface area (Å²) in [7, 11) is 0. The van der Waals surface area contributed by atoms with Gasteiger partial charge in [-0.05, 0) is 40.8 Å². The molecule has 1 unspecified atom stereocenters. The molecule has 7 nitrogen and oxygen atoms in total. The zero-order valence-corrected chi connectivity index (χ0v) is 21.7. The quantitative estimate of drug-likeness (QED) is 0.454. The van der Waals surface area contributed by atoms with E-state index in [2.05, 4.69) is 20.8 Å². The van der Waals surface area contributed by atoms with Crippen LogP contribution >= 0.6 is 11.6 Å². The molecule has 1 atom stereocenters. The van der Waals surface area contributed by atoms with Gasteiger partial charge in [-0.15, -0.1) is 4.58 Å². The Kier molecular flexibility index (Phi) is 6.66. The Morgan fingerprint density at radius 1 is 1.17 bits per heavy atom. The number of nitrogens with zero attached hydrogens (tertiary/aromatic N) is 2. The average molecular weight is 512 g/mol. The zero-order valence-electron chi connectivity index (χ0n) is 21.0. The van der Waals surface area contributed by atoms with Gasteiger partial charge >= 0.3 is 5.91 Å². The molecule has 2 saturated heterocycles. The molecule has 1 spiro atoms. The van der Waals surface area contributed by atoms with Gasteiger partial charge < -0.3 is 19.1 Å².